The maximum atomic E-state index is 13.0. The smallest absolute Gasteiger partial charge is 0.223 e. The minimum atomic E-state index is 0.302. The molecule has 2 aromatic rings. The van der Waals surface area contributed by atoms with Crippen molar-refractivity contribution < 1.29 is 4.79 Å². The Hall–Kier alpha value is -1.88. The van der Waals surface area contributed by atoms with Crippen LogP contribution in [0.5, 0.6) is 0 Å². The summed E-state index contributed by atoms with van der Waals surface area (Å²) in [6.45, 7) is 4.41. The van der Waals surface area contributed by atoms with E-state index < -0.39 is 0 Å². The minimum absolute atomic E-state index is 0.302. The van der Waals surface area contributed by atoms with E-state index in [-0.39, 0.29) is 0 Å². The number of aromatic amines is 1. The van der Waals surface area contributed by atoms with Crippen molar-refractivity contribution in [1.82, 2.24) is 19.8 Å². The number of carbonyl (C=O) groups excluding carboxylic acids is 1. The number of amides is 1. The predicted molar refractivity (Wildman–Crippen MR) is 104 cm³/mol. The van der Waals surface area contributed by atoms with Crippen LogP contribution in [0, 0.1) is 0 Å². The number of likely N-dealkylation sites (tertiary alicyclic amines) is 2. The van der Waals surface area contributed by atoms with Crippen LogP contribution >= 0.6 is 0 Å². The zero-order valence-corrected chi connectivity index (χ0v) is 15.6. The molecule has 2 aliphatic rings. The SMILES string of the molecule is O=C(CCc1nc2ccccc2[nH]1)N1CCCCCC1CN1CCCC1. The summed E-state index contributed by atoms with van der Waals surface area (Å²) < 4.78 is 0. The molecule has 5 nitrogen and oxygen atoms in total. The van der Waals surface area contributed by atoms with Gasteiger partial charge in [0.1, 0.15) is 5.82 Å². The molecule has 0 spiro atoms. The number of aryl methyl sites for hydroxylation is 1. The van der Waals surface area contributed by atoms with Gasteiger partial charge < -0.3 is 14.8 Å². The lowest BCUT2D eigenvalue weighted by Gasteiger charge is -2.33. The highest BCUT2D eigenvalue weighted by molar-refractivity contribution is 5.77. The third-order valence-corrected chi connectivity index (χ3v) is 5.88. The molecule has 0 saturated carbocycles. The number of nitrogens with zero attached hydrogens (tertiary/aromatic N) is 3. The molecule has 1 amide bonds. The molecule has 3 heterocycles. The summed E-state index contributed by atoms with van der Waals surface area (Å²) in [6, 6.07) is 8.46. The molecule has 26 heavy (non-hydrogen) atoms. The van der Waals surface area contributed by atoms with Crippen LogP contribution in [-0.2, 0) is 11.2 Å². The first kappa shape index (κ1) is 17.5. The molecule has 1 unspecified atom stereocenters. The quantitative estimate of drug-likeness (QED) is 0.896. The second-order valence-corrected chi connectivity index (χ2v) is 7.80. The van der Waals surface area contributed by atoms with Crippen molar-refractivity contribution >= 4 is 16.9 Å². The van der Waals surface area contributed by atoms with Crippen molar-refractivity contribution in [2.24, 2.45) is 0 Å². The van der Waals surface area contributed by atoms with E-state index in [9.17, 15) is 4.79 Å². The molecule has 1 aromatic heterocycles. The van der Waals surface area contributed by atoms with Crippen molar-refractivity contribution in [2.75, 3.05) is 26.2 Å². The molecule has 0 bridgehead atoms. The molecular weight excluding hydrogens is 324 g/mol. The summed E-state index contributed by atoms with van der Waals surface area (Å²) in [5, 5.41) is 0. The van der Waals surface area contributed by atoms with Gasteiger partial charge >= 0.3 is 0 Å². The fraction of sp³-hybridized carbons (Fsp3) is 0.619. The molecule has 1 aromatic carbocycles. The second kappa shape index (κ2) is 8.21. The highest BCUT2D eigenvalue weighted by Crippen LogP contribution is 2.21. The van der Waals surface area contributed by atoms with E-state index >= 15 is 0 Å². The lowest BCUT2D eigenvalue weighted by Crippen LogP contribution is -2.46. The molecule has 2 aliphatic heterocycles. The van der Waals surface area contributed by atoms with Crippen LogP contribution in [0.15, 0.2) is 24.3 Å². The Bertz CT molecular complexity index is 701. The summed E-state index contributed by atoms with van der Waals surface area (Å²) in [6.07, 6.45) is 8.69. The largest absolute Gasteiger partial charge is 0.342 e. The number of hydrogen-bond donors (Lipinski definition) is 1. The first-order chi connectivity index (χ1) is 12.8. The van der Waals surface area contributed by atoms with Gasteiger partial charge in [-0.1, -0.05) is 25.0 Å². The van der Waals surface area contributed by atoms with E-state index in [4.69, 9.17) is 0 Å². The lowest BCUT2D eigenvalue weighted by molar-refractivity contribution is -0.133. The van der Waals surface area contributed by atoms with E-state index in [0.717, 1.165) is 42.8 Å². The first-order valence-corrected chi connectivity index (χ1v) is 10.2. The zero-order valence-electron chi connectivity index (χ0n) is 15.6. The van der Waals surface area contributed by atoms with Crippen LogP contribution in [0.3, 0.4) is 0 Å². The van der Waals surface area contributed by atoms with Crippen LogP contribution < -0.4 is 0 Å². The molecule has 1 atom stereocenters. The average molecular weight is 354 g/mol. The van der Waals surface area contributed by atoms with Crippen molar-refractivity contribution in [2.45, 2.75) is 57.4 Å². The standard InChI is InChI=1S/C21H30N4O/c26-21(12-11-20-22-18-9-3-4-10-19(18)23-20)25-15-5-1-2-8-17(25)16-24-13-6-7-14-24/h3-4,9-10,17H,1-2,5-8,11-16H2,(H,22,23). The van der Waals surface area contributed by atoms with Crippen LogP contribution in [-0.4, -0.2) is 57.9 Å². The van der Waals surface area contributed by atoms with Gasteiger partial charge in [0.2, 0.25) is 5.91 Å². The fourth-order valence-electron chi connectivity index (χ4n) is 4.45. The number of para-hydroxylation sites is 2. The number of nitrogens with one attached hydrogen (secondary N) is 1. The number of carbonyl (C=O) groups is 1. The minimum Gasteiger partial charge on any atom is -0.342 e. The van der Waals surface area contributed by atoms with Crippen LogP contribution in [0.25, 0.3) is 11.0 Å². The van der Waals surface area contributed by atoms with Gasteiger partial charge in [0.15, 0.2) is 0 Å². The summed E-state index contributed by atoms with van der Waals surface area (Å²) in [5.74, 6) is 1.22. The van der Waals surface area contributed by atoms with Gasteiger partial charge in [0.05, 0.1) is 11.0 Å². The Morgan fingerprint density at radius 1 is 1.08 bits per heavy atom. The van der Waals surface area contributed by atoms with Crippen molar-refractivity contribution in [1.29, 1.82) is 0 Å². The first-order valence-electron chi connectivity index (χ1n) is 10.2. The number of fused-ring (bicyclic) bond motifs is 1. The van der Waals surface area contributed by atoms with Crippen molar-refractivity contribution in [3.63, 3.8) is 0 Å². The number of rotatable bonds is 5. The second-order valence-electron chi connectivity index (χ2n) is 7.80. The molecule has 2 fully saturated rings. The highest BCUT2D eigenvalue weighted by Gasteiger charge is 2.27. The Morgan fingerprint density at radius 2 is 1.88 bits per heavy atom. The van der Waals surface area contributed by atoms with Crippen LogP contribution in [0.4, 0.5) is 0 Å². The Labute approximate surface area is 155 Å². The summed E-state index contributed by atoms with van der Waals surface area (Å²) in [5.41, 5.74) is 2.04. The lowest BCUT2D eigenvalue weighted by atomic mass is 10.1. The maximum Gasteiger partial charge on any atom is 0.223 e. The van der Waals surface area contributed by atoms with E-state index in [1.807, 2.05) is 24.3 Å². The number of hydrogen-bond acceptors (Lipinski definition) is 3. The van der Waals surface area contributed by atoms with E-state index in [1.165, 1.54) is 38.8 Å². The Morgan fingerprint density at radius 3 is 2.73 bits per heavy atom. The van der Waals surface area contributed by atoms with Gasteiger partial charge in [-0.25, -0.2) is 4.98 Å². The molecule has 0 aliphatic carbocycles. The van der Waals surface area contributed by atoms with Gasteiger partial charge in [-0.15, -0.1) is 0 Å². The van der Waals surface area contributed by atoms with Gasteiger partial charge in [-0.05, 0) is 50.9 Å². The molecule has 4 rings (SSSR count). The van der Waals surface area contributed by atoms with Gasteiger partial charge in [0.25, 0.3) is 0 Å². The predicted octanol–water partition coefficient (Wildman–Crippen LogP) is 3.36. The molecule has 140 valence electrons. The van der Waals surface area contributed by atoms with Crippen LogP contribution in [0.1, 0.15) is 50.8 Å². The molecule has 2 saturated heterocycles. The summed E-state index contributed by atoms with van der Waals surface area (Å²) >= 11 is 0. The molecule has 0 radical (unpaired) electrons. The third-order valence-electron chi connectivity index (χ3n) is 5.88. The zero-order chi connectivity index (χ0) is 17.8. The Kier molecular flexibility index (Phi) is 5.54. The number of aromatic nitrogens is 2. The topological polar surface area (TPSA) is 52.2 Å². The highest BCUT2D eigenvalue weighted by atomic mass is 16.2. The maximum absolute atomic E-state index is 13.0. The van der Waals surface area contributed by atoms with Crippen LogP contribution in [0.2, 0.25) is 0 Å². The molecule has 1 N–H and O–H groups in total. The van der Waals surface area contributed by atoms with E-state index in [1.54, 1.807) is 0 Å². The summed E-state index contributed by atoms with van der Waals surface area (Å²) in [7, 11) is 0. The van der Waals surface area contributed by atoms with Crippen molar-refractivity contribution in [3.05, 3.63) is 30.1 Å². The van der Waals surface area contributed by atoms with Crippen molar-refractivity contribution in [3.8, 4) is 0 Å². The van der Waals surface area contributed by atoms with Gasteiger partial charge in [-0.2, -0.15) is 0 Å². The molecular formula is C21H30N4O. The summed E-state index contributed by atoms with van der Waals surface area (Å²) in [4.78, 5) is 25.7. The number of imidazole rings is 1. The van der Waals surface area contributed by atoms with E-state index in [2.05, 4.69) is 19.8 Å². The normalized spacial score (nSPS) is 22.0. The average Bonchev–Trinajstić information content (AvgIpc) is 3.25. The fourth-order valence-corrected chi connectivity index (χ4v) is 4.45. The van der Waals surface area contributed by atoms with E-state index in [0.29, 0.717) is 24.8 Å². The monoisotopic (exact) mass is 354 g/mol. The van der Waals surface area contributed by atoms with Gasteiger partial charge in [-0.3, -0.25) is 4.79 Å². The molecule has 5 heteroatoms. The third kappa shape index (κ3) is 4.09. The Balaban J connectivity index is 1.38. The number of H-pyrrole nitrogens is 1. The number of benzene rings is 1. The van der Waals surface area contributed by atoms with Gasteiger partial charge in [0, 0.05) is 32.0 Å².